The molecular weight excluding hydrogens is 192 g/mol. The zero-order valence-corrected chi connectivity index (χ0v) is 9.74. The Kier molecular flexibility index (Phi) is 5.05. The number of nitrogens with two attached hydrogens (primary N) is 1. The summed E-state index contributed by atoms with van der Waals surface area (Å²) in [5, 5.41) is 0. The normalized spacial score (nSPS) is 24.3. The molecule has 0 radical (unpaired) electrons. The summed E-state index contributed by atoms with van der Waals surface area (Å²) in [4.78, 5) is 13.9. The number of nitrogens with zero attached hydrogens (tertiary/aromatic N) is 1. The molecule has 88 valence electrons. The summed E-state index contributed by atoms with van der Waals surface area (Å²) >= 11 is 0. The standard InChI is InChI=1S/C11H22N2O2/c1-3-9(2)13-7-8-15-10(11(13)14)5-4-6-12/h9-10H,3-8,12H2,1-2H3. The fraction of sp³-hybridized carbons (Fsp3) is 0.909. The van der Waals surface area contributed by atoms with Crippen LogP contribution in [0, 0.1) is 0 Å². The maximum absolute atomic E-state index is 12.0. The van der Waals surface area contributed by atoms with Crippen LogP contribution in [0.2, 0.25) is 0 Å². The maximum Gasteiger partial charge on any atom is 0.252 e. The topological polar surface area (TPSA) is 55.6 Å². The quantitative estimate of drug-likeness (QED) is 0.735. The lowest BCUT2D eigenvalue weighted by Gasteiger charge is -2.36. The van der Waals surface area contributed by atoms with Crippen molar-refractivity contribution in [3.8, 4) is 0 Å². The third-order valence-electron chi connectivity index (χ3n) is 3.00. The highest BCUT2D eigenvalue weighted by atomic mass is 16.5. The summed E-state index contributed by atoms with van der Waals surface area (Å²) in [5.41, 5.74) is 5.43. The van der Waals surface area contributed by atoms with Crippen LogP contribution in [0.5, 0.6) is 0 Å². The van der Waals surface area contributed by atoms with Crippen molar-refractivity contribution in [1.82, 2.24) is 4.90 Å². The van der Waals surface area contributed by atoms with E-state index in [0.717, 1.165) is 25.8 Å². The number of hydrogen-bond acceptors (Lipinski definition) is 3. The van der Waals surface area contributed by atoms with E-state index in [4.69, 9.17) is 10.5 Å². The van der Waals surface area contributed by atoms with Crippen LogP contribution < -0.4 is 5.73 Å². The summed E-state index contributed by atoms with van der Waals surface area (Å²) in [7, 11) is 0. The molecule has 15 heavy (non-hydrogen) atoms. The molecule has 4 nitrogen and oxygen atoms in total. The number of carbonyl (C=O) groups is 1. The number of hydrogen-bond donors (Lipinski definition) is 1. The maximum atomic E-state index is 12.0. The molecule has 1 saturated heterocycles. The monoisotopic (exact) mass is 214 g/mol. The van der Waals surface area contributed by atoms with E-state index in [0.29, 0.717) is 19.2 Å². The van der Waals surface area contributed by atoms with Crippen LogP contribution in [0.15, 0.2) is 0 Å². The molecule has 1 heterocycles. The molecule has 1 aliphatic rings. The second-order valence-corrected chi connectivity index (χ2v) is 4.08. The zero-order chi connectivity index (χ0) is 11.3. The lowest BCUT2D eigenvalue weighted by molar-refractivity contribution is -0.156. The van der Waals surface area contributed by atoms with Gasteiger partial charge in [0.05, 0.1) is 6.61 Å². The van der Waals surface area contributed by atoms with Gasteiger partial charge in [0.2, 0.25) is 0 Å². The SMILES string of the molecule is CCC(C)N1CCOC(CCCN)C1=O. The van der Waals surface area contributed by atoms with E-state index in [1.165, 1.54) is 0 Å². The molecule has 0 aromatic carbocycles. The Balaban J connectivity index is 2.50. The van der Waals surface area contributed by atoms with Crippen molar-refractivity contribution in [2.24, 2.45) is 5.73 Å². The van der Waals surface area contributed by atoms with Crippen LogP contribution in [0.1, 0.15) is 33.1 Å². The van der Waals surface area contributed by atoms with Gasteiger partial charge in [-0.25, -0.2) is 0 Å². The molecule has 0 aromatic heterocycles. The van der Waals surface area contributed by atoms with E-state index in [1.807, 2.05) is 4.90 Å². The third kappa shape index (κ3) is 3.18. The molecule has 1 rings (SSSR count). The number of carbonyl (C=O) groups excluding carboxylic acids is 1. The van der Waals surface area contributed by atoms with E-state index >= 15 is 0 Å². The first-order chi connectivity index (χ1) is 7.20. The molecule has 2 N–H and O–H groups in total. The Hall–Kier alpha value is -0.610. The largest absolute Gasteiger partial charge is 0.367 e. The molecule has 0 saturated carbocycles. The molecule has 0 aliphatic carbocycles. The van der Waals surface area contributed by atoms with Crippen LogP contribution in [-0.4, -0.2) is 42.6 Å². The van der Waals surface area contributed by atoms with Crippen molar-refractivity contribution >= 4 is 5.91 Å². The van der Waals surface area contributed by atoms with Gasteiger partial charge in [0.1, 0.15) is 6.10 Å². The van der Waals surface area contributed by atoms with Crippen molar-refractivity contribution in [3.05, 3.63) is 0 Å². The van der Waals surface area contributed by atoms with Crippen molar-refractivity contribution in [3.63, 3.8) is 0 Å². The molecule has 1 fully saturated rings. The molecule has 0 bridgehead atoms. The van der Waals surface area contributed by atoms with Crippen LogP contribution >= 0.6 is 0 Å². The number of morpholine rings is 1. The predicted molar refractivity (Wildman–Crippen MR) is 59.5 cm³/mol. The molecule has 0 aromatic rings. The highest BCUT2D eigenvalue weighted by Crippen LogP contribution is 2.15. The second-order valence-electron chi connectivity index (χ2n) is 4.08. The van der Waals surface area contributed by atoms with Gasteiger partial charge in [0.25, 0.3) is 5.91 Å². The van der Waals surface area contributed by atoms with Crippen molar-refractivity contribution in [2.75, 3.05) is 19.7 Å². The number of amides is 1. The fourth-order valence-electron chi connectivity index (χ4n) is 1.83. The van der Waals surface area contributed by atoms with E-state index < -0.39 is 0 Å². The van der Waals surface area contributed by atoms with Crippen molar-refractivity contribution < 1.29 is 9.53 Å². The molecule has 1 aliphatic heterocycles. The fourth-order valence-corrected chi connectivity index (χ4v) is 1.83. The lowest BCUT2D eigenvalue weighted by Crippen LogP contribution is -2.51. The summed E-state index contributed by atoms with van der Waals surface area (Å²) in [6, 6.07) is 0.321. The van der Waals surface area contributed by atoms with E-state index in [9.17, 15) is 4.79 Å². The predicted octanol–water partition coefficient (Wildman–Crippen LogP) is 0.751. The van der Waals surface area contributed by atoms with Crippen molar-refractivity contribution in [1.29, 1.82) is 0 Å². The van der Waals surface area contributed by atoms with E-state index in [-0.39, 0.29) is 12.0 Å². The van der Waals surface area contributed by atoms with Crippen LogP contribution in [0.4, 0.5) is 0 Å². The molecule has 2 atom stereocenters. The van der Waals surface area contributed by atoms with Crippen LogP contribution in [0.25, 0.3) is 0 Å². The van der Waals surface area contributed by atoms with E-state index in [2.05, 4.69) is 13.8 Å². The Morgan fingerprint density at radius 2 is 2.40 bits per heavy atom. The molecule has 0 spiro atoms. The molecule has 1 amide bonds. The zero-order valence-electron chi connectivity index (χ0n) is 9.74. The average molecular weight is 214 g/mol. The van der Waals surface area contributed by atoms with Gasteiger partial charge in [-0.3, -0.25) is 4.79 Å². The summed E-state index contributed by atoms with van der Waals surface area (Å²) in [6.45, 7) is 6.19. The molecule has 4 heteroatoms. The number of rotatable bonds is 5. The second kappa shape index (κ2) is 6.08. The van der Waals surface area contributed by atoms with Crippen LogP contribution in [-0.2, 0) is 9.53 Å². The third-order valence-corrected chi connectivity index (χ3v) is 3.00. The highest BCUT2D eigenvalue weighted by Gasteiger charge is 2.30. The Labute approximate surface area is 91.8 Å². The van der Waals surface area contributed by atoms with E-state index in [1.54, 1.807) is 0 Å². The Morgan fingerprint density at radius 3 is 3.00 bits per heavy atom. The Bertz CT molecular complexity index is 209. The minimum Gasteiger partial charge on any atom is -0.367 e. The van der Waals surface area contributed by atoms with Gasteiger partial charge < -0.3 is 15.4 Å². The van der Waals surface area contributed by atoms with Gasteiger partial charge in [-0.05, 0) is 32.7 Å². The van der Waals surface area contributed by atoms with Gasteiger partial charge in [-0.1, -0.05) is 6.92 Å². The minimum absolute atomic E-state index is 0.143. The first-order valence-corrected chi connectivity index (χ1v) is 5.82. The van der Waals surface area contributed by atoms with Gasteiger partial charge in [-0.15, -0.1) is 0 Å². The van der Waals surface area contributed by atoms with Gasteiger partial charge in [0.15, 0.2) is 0 Å². The Morgan fingerprint density at radius 1 is 1.67 bits per heavy atom. The molecule has 2 unspecified atom stereocenters. The summed E-state index contributed by atoms with van der Waals surface area (Å²) in [6.07, 6.45) is 2.35. The molecular formula is C11H22N2O2. The number of ether oxygens (including phenoxy) is 1. The lowest BCUT2D eigenvalue weighted by atomic mass is 10.1. The highest BCUT2D eigenvalue weighted by molar-refractivity contribution is 5.81. The first-order valence-electron chi connectivity index (χ1n) is 5.82. The summed E-state index contributed by atoms with van der Waals surface area (Å²) in [5.74, 6) is 0.143. The summed E-state index contributed by atoms with van der Waals surface area (Å²) < 4.78 is 5.47. The van der Waals surface area contributed by atoms with Gasteiger partial charge in [0, 0.05) is 12.6 Å². The van der Waals surface area contributed by atoms with Gasteiger partial charge in [-0.2, -0.15) is 0 Å². The first kappa shape index (κ1) is 12.5. The average Bonchev–Trinajstić information content (AvgIpc) is 2.27. The van der Waals surface area contributed by atoms with Gasteiger partial charge >= 0.3 is 0 Å². The minimum atomic E-state index is -0.253. The van der Waals surface area contributed by atoms with Crippen LogP contribution in [0.3, 0.4) is 0 Å². The smallest absolute Gasteiger partial charge is 0.252 e. The van der Waals surface area contributed by atoms with Crippen molar-refractivity contribution in [2.45, 2.75) is 45.3 Å².